The second-order valence-corrected chi connectivity index (χ2v) is 5.76. The van der Waals surface area contributed by atoms with Crippen LogP contribution in [0.4, 0.5) is 5.69 Å². The highest BCUT2D eigenvalue weighted by Crippen LogP contribution is 2.24. The first-order valence-corrected chi connectivity index (χ1v) is 7.92. The van der Waals surface area contributed by atoms with Gasteiger partial charge in [0.1, 0.15) is 5.75 Å². The number of nitrogens with zero attached hydrogens (tertiary/aromatic N) is 3. The van der Waals surface area contributed by atoms with Crippen LogP contribution in [0.5, 0.6) is 5.75 Å². The van der Waals surface area contributed by atoms with Crippen molar-refractivity contribution < 1.29 is 4.74 Å². The Bertz CT molecular complexity index is 726. The molecule has 0 atom stereocenters. The van der Waals surface area contributed by atoms with Crippen molar-refractivity contribution >= 4 is 35.6 Å². The minimum Gasteiger partial charge on any atom is -0.497 e. The van der Waals surface area contributed by atoms with Crippen LogP contribution in [0.15, 0.2) is 29.3 Å². The van der Waals surface area contributed by atoms with E-state index < -0.39 is 0 Å². The SMILES string of the molecule is COc1cccc(NC(N)=NCc2c3c(nn2C)CCCC3)c1.I. The summed E-state index contributed by atoms with van der Waals surface area (Å²) in [5.41, 5.74) is 10.6. The molecule has 1 aromatic heterocycles. The largest absolute Gasteiger partial charge is 0.497 e. The van der Waals surface area contributed by atoms with Gasteiger partial charge in [-0.1, -0.05) is 6.07 Å². The van der Waals surface area contributed by atoms with E-state index in [0.717, 1.165) is 30.0 Å². The van der Waals surface area contributed by atoms with Crippen molar-refractivity contribution in [1.29, 1.82) is 0 Å². The van der Waals surface area contributed by atoms with E-state index in [1.807, 2.05) is 36.0 Å². The number of halogens is 1. The first-order chi connectivity index (χ1) is 11.2. The lowest BCUT2D eigenvalue weighted by Crippen LogP contribution is -2.22. The van der Waals surface area contributed by atoms with Crippen molar-refractivity contribution in [3.8, 4) is 5.75 Å². The zero-order valence-electron chi connectivity index (χ0n) is 14.1. The second kappa shape index (κ2) is 8.36. The predicted octanol–water partition coefficient (Wildman–Crippen LogP) is 2.85. The molecule has 0 saturated heterocycles. The zero-order chi connectivity index (χ0) is 16.2. The van der Waals surface area contributed by atoms with Crippen LogP contribution in [0.2, 0.25) is 0 Å². The number of fused-ring (bicyclic) bond motifs is 1. The number of aryl methyl sites for hydroxylation is 2. The number of ether oxygens (including phenoxy) is 1. The number of nitrogens with one attached hydrogen (secondary N) is 1. The summed E-state index contributed by atoms with van der Waals surface area (Å²) >= 11 is 0. The van der Waals surface area contributed by atoms with Crippen molar-refractivity contribution in [2.24, 2.45) is 17.8 Å². The molecule has 0 fully saturated rings. The van der Waals surface area contributed by atoms with Gasteiger partial charge in [-0.15, -0.1) is 24.0 Å². The Morgan fingerprint density at radius 1 is 1.38 bits per heavy atom. The number of benzene rings is 1. The molecule has 0 unspecified atom stereocenters. The van der Waals surface area contributed by atoms with E-state index in [4.69, 9.17) is 10.5 Å². The number of nitrogens with two attached hydrogens (primary N) is 1. The summed E-state index contributed by atoms with van der Waals surface area (Å²) in [6.07, 6.45) is 4.63. The third-order valence-corrected chi connectivity index (χ3v) is 4.19. The van der Waals surface area contributed by atoms with Gasteiger partial charge in [-0.25, -0.2) is 4.99 Å². The summed E-state index contributed by atoms with van der Waals surface area (Å²) in [5, 5.41) is 7.70. The smallest absolute Gasteiger partial charge is 0.193 e. The number of rotatable bonds is 4. The molecule has 1 aliphatic carbocycles. The van der Waals surface area contributed by atoms with E-state index in [2.05, 4.69) is 15.4 Å². The molecule has 0 bridgehead atoms. The number of hydrogen-bond acceptors (Lipinski definition) is 3. The van der Waals surface area contributed by atoms with Gasteiger partial charge in [0.2, 0.25) is 0 Å². The molecule has 24 heavy (non-hydrogen) atoms. The van der Waals surface area contributed by atoms with Gasteiger partial charge in [-0.2, -0.15) is 5.10 Å². The molecule has 0 amide bonds. The highest BCUT2D eigenvalue weighted by Gasteiger charge is 2.18. The van der Waals surface area contributed by atoms with E-state index >= 15 is 0 Å². The number of aromatic nitrogens is 2. The summed E-state index contributed by atoms with van der Waals surface area (Å²) in [6, 6.07) is 7.61. The minimum absolute atomic E-state index is 0. The summed E-state index contributed by atoms with van der Waals surface area (Å²) in [4.78, 5) is 4.47. The van der Waals surface area contributed by atoms with Crippen LogP contribution in [-0.2, 0) is 26.4 Å². The average molecular weight is 441 g/mol. The fraction of sp³-hybridized carbons (Fsp3) is 0.412. The molecule has 3 N–H and O–H groups in total. The molecule has 1 heterocycles. The lowest BCUT2D eigenvalue weighted by atomic mass is 9.96. The maximum Gasteiger partial charge on any atom is 0.193 e. The molecular weight excluding hydrogens is 417 g/mol. The molecule has 3 rings (SSSR count). The van der Waals surface area contributed by atoms with Crippen LogP contribution < -0.4 is 15.8 Å². The summed E-state index contributed by atoms with van der Waals surface area (Å²) in [6.45, 7) is 0.543. The van der Waals surface area contributed by atoms with Crippen LogP contribution in [0, 0.1) is 0 Å². The van der Waals surface area contributed by atoms with Gasteiger partial charge in [-0.05, 0) is 43.4 Å². The second-order valence-electron chi connectivity index (χ2n) is 5.76. The van der Waals surface area contributed by atoms with Gasteiger partial charge >= 0.3 is 0 Å². The van der Waals surface area contributed by atoms with Crippen molar-refractivity contribution in [3.05, 3.63) is 41.2 Å². The number of methoxy groups -OCH3 is 1. The highest BCUT2D eigenvalue weighted by molar-refractivity contribution is 14.0. The van der Waals surface area contributed by atoms with Crippen molar-refractivity contribution in [3.63, 3.8) is 0 Å². The summed E-state index contributed by atoms with van der Waals surface area (Å²) in [5.74, 6) is 1.17. The molecule has 7 heteroatoms. The lowest BCUT2D eigenvalue weighted by Gasteiger charge is -2.11. The lowest BCUT2D eigenvalue weighted by molar-refractivity contribution is 0.415. The molecule has 2 aromatic rings. The normalized spacial score (nSPS) is 13.8. The molecule has 6 nitrogen and oxygen atoms in total. The average Bonchev–Trinajstić information content (AvgIpc) is 2.88. The van der Waals surface area contributed by atoms with Crippen molar-refractivity contribution in [1.82, 2.24) is 9.78 Å². The number of anilines is 1. The van der Waals surface area contributed by atoms with Gasteiger partial charge in [0.15, 0.2) is 5.96 Å². The Kier molecular flexibility index (Phi) is 6.47. The molecule has 1 aliphatic rings. The number of guanidine groups is 1. The van der Waals surface area contributed by atoms with Crippen LogP contribution in [0.25, 0.3) is 0 Å². The van der Waals surface area contributed by atoms with Crippen LogP contribution in [0.1, 0.15) is 29.8 Å². The highest BCUT2D eigenvalue weighted by atomic mass is 127. The summed E-state index contributed by atoms with van der Waals surface area (Å²) < 4.78 is 7.14. The molecule has 0 saturated carbocycles. The fourth-order valence-electron chi connectivity index (χ4n) is 2.99. The molecular formula is C17H24IN5O. The number of aliphatic imine (C=N–C) groups is 1. The Labute approximate surface area is 159 Å². The molecule has 0 aliphatic heterocycles. The Hall–Kier alpha value is -1.77. The first kappa shape index (κ1) is 18.6. The molecule has 0 radical (unpaired) electrons. The topological polar surface area (TPSA) is 77.5 Å². The zero-order valence-corrected chi connectivity index (χ0v) is 16.4. The maximum absolute atomic E-state index is 6.01. The Balaban J connectivity index is 0.00000208. The standard InChI is InChI=1S/C17H23N5O.HI/c1-22-16(14-8-3-4-9-15(14)21-22)11-19-17(18)20-12-6-5-7-13(10-12)23-2;/h5-7,10H,3-4,8-9,11H2,1-2H3,(H3,18,19,20);1H. The van der Waals surface area contributed by atoms with E-state index in [-0.39, 0.29) is 24.0 Å². The van der Waals surface area contributed by atoms with Gasteiger partial charge in [-0.3, -0.25) is 4.68 Å². The maximum atomic E-state index is 6.01. The predicted molar refractivity (Wildman–Crippen MR) is 107 cm³/mol. The van der Waals surface area contributed by atoms with Crippen LogP contribution in [-0.4, -0.2) is 22.8 Å². The van der Waals surface area contributed by atoms with Gasteiger partial charge < -0.3 is 15.8 Å². The van der Waals surface area contributed by atoms with Crippen molar-refractivity contribution in [2.45, 2.75) is 32.2 Å². The van der Waals surface area contributed by atoms with E-state index in [0.29, 0.717) is 12.5 Å². The first-order valence-electron chi connectivity index (χ1n) is 7.92. The fourth-order valence-corrected chi connectivity index (χ4v) is 2.99. The van der Waals surface area contributed by atoms with E-state index in [9.17, 15) is 0 Å². The Morgan fingerprint density at radius 3 is 2.96 bits per heavy atom. The molecule has 130 valence electrons. The molecule has 1 aromatic carbocycles. The Morgan fingerprint density at radius 2 is 2.17 bits per heavy atom. The quantitative estimate of drug-likeness (QED) is 0.435. The number of hydrogen-bond donors (Lipinski definition) is 2. The third-order valence-electron chi connectivity index (χ3n) is 4.19. The minimum atomic E-state index is 0. The third kappa shape index (κ3) is 4.19. The van der Waals surface area contributed by atoms with E-state index in [1.54, 1.807) is 7.11 Å². The molecule has 0 spiro atoms. The van der Waals surface area contributed by atoms with Crippen molar-refractivity contribution in [2.75, 3.05) is 12.4 Å². The van der Waals surface area contributed by atoms with Gasteiger partial charge in [0.05, 0.1) is 25.0 Å². The van der Waals surface area contributed by atoms with Crippen LogP contribution in [0.3, 0.4) is 0 Å². The van der Waals surface area contributed by atoms with E-state index in [1.165, 1.54) is 24.1 Å². The van der Waals surface area contributed by atoms with Crippen LogP contribution >= 0.6 is 24.0 Å². The van der Waals surface area contributed by atoms with Gasteiger partial charge in [0, 0.05) is 18.8 Å². The summed E-state index contributed by atoms with van der Waals surface area (Å²) in [7, 11) is 3.62. The van der Waals surface area contributed by atoms with Gasteiger partial charge in [0.25, 0.3) is 0 Å². The monoisotopic (exact) mass is 441 g/mol.